The maximum absolute atomic E-state index is 12.9. The second kappa shape index (κ2) is 8.17. The first-order valence-corrected chi connectivity index (χ1v) is 10.2. The van der Waals surface area contributed by atoms with Crippen molar-refractivity contribution in [2.75, 3.05) is 0 Å². The van der Waals surface area contributed by atoms with Crippen molar-refractivity contribution in [2.24, 2.45) is 17.8 Å². The highest BCUT2D eigenvalue weighted by molar-refractivity contribution is 5.89. The van der Waals surface area contributed by atoms with E-state index >= 15 is 0 Å². The molecule has 0 saturated heterocycles. The Morgan fingerprint density at radius 1 is 0.893 bits per heavy atom. The number of hydrogen-bond acceptors (Lipinski definition) is 3. The van der Waals surface area contributed by atoms with Gasteiger partial charge in [-0.1, -0.05) is 48.5 Å². The van der Waals surface area contributed by atoms with Gasteiger partial charge in [-0.15, -0.1) is 0 Å². The van der Waals surface area contributed by atoms with E-state index in [0.29, 0.717) is 17.4 Å². The molecule has 2 aliphatic rings. The van der Waals surface area contributed by atoms with Crippen LogP contribution in [0, 0.1) is 17.8 Å². The molecule has 146 valence electrons. The Labute approximate surface area is 166 Å². The molecule has 4 heteroatoms. The Hall–Kier alpha value is -2.62. The highest BCUT2D eigenvalue weighted by atomic mass is 16.5. The van der Waals surface area contributed by atoms with Crippen molar-refractivity contribution in [1.82, 2.24) is 5.32 Å². The van der Waals surface area contributed by atoms with Crippen LogP contribution in [-0.4, -0.2) is 18.0 Å². The van der Waals surface area contributed by atoms with Gasteiger partial charge in [0.05, 0.1) is 11.6 Å². The molecule has 2 aliphatic carbocycles. The fourth-order valence-corrected chi connectivity index (χ4v) is 4.94. The number of rotatable bonds is 5. The molecule has 0 spiro atoms. The maximum atomic E-state index is 12.9. The van der Waals surface area contributed by atoms with E-state index in [-0.39, 0.29) is 29.9 Å². The van der Waals surface area contributed by atoms with E-state index in [9.17, 15) is 9.59 Å². The lowest BCUT2D eigenvalue weighted by Crippen LogP contribution is -2.35. The zero-order chi connectivity index (χ0) is 19.5. The first kappa shape index (κ1) is 18.7. The zero-order valence-electron chi connectivity index (χ0n) is 16.2. The fraction of sp³-hybridized carbons (Fsp3) is 0.417. The van der Waals surface area contributed by atoms with Gasteiger partial charge < -0.3 is 10.1 Å². The summed E-state index contributed by atoms with van der Waals surface area (Å²) in [5, 5.41) is 3.19. The quantitative estimate of drug-likeness (QED) is 0.779. The molecular weight excluding hydrogens is 350 g/mol. The summed E-state index contributed by atoms with van der Waals surface area (Å²) in [6.07, 6.45) is 3.57. The molecule has 0 aliphatic heterocycles. The van der Waals surface area contributed by atoms with Crippen LogP contribution in [-0.2, 0) is 9.53 Å². The van der Waals surface area contributed by atoms with Crippen molar-refractivity contribution in [2.45, 2.75) is 44.8 Å². The average molecular weight is 377 g/mol. The number of nitrogens with one attached hydrogen (secondary N) is 1. The molecule has 0 bridgehead atoms. The third-order valence-corrected chi connectivity index (χ3v) is 6.40. The summed E-state index contributed by atoms with van der Waals surface area (Å²) in [6.45, 7) is 2.03. The smallest absolute Gasteiger partial charge is 0.338 e. The molecule has 2 aromatic carbocycles. The minimum atomic E-state index is -0.253. The molecule has 2 fully saturated rings. The standard InChI is InChI=1S/C24H27NO3/c1-16(17-8-4-2-5-9-17)25-23(26)21-13-12-20-19(21)14-15-22(20)28-24(27)18-10-6-3-7-11-18/h2-11,16,19-22H,12-15H2,1H3,(H,25,26)/t16-,19-,20+,21+,22+/m1/s1. The molecule has 5 atom stereocenters. The van der Waals surface area contributed by atoms with E-state index in [1.807, 2.05) is 55.5 Å². The summed E-state index contributed by atoms with van der Waals surface area (Å²) >= 11 is 0. The highest BCUT2D eigenvalue weighted by Gasteiger charge is 2.49. The van der Waals surface area contributed by atoms with Crippen LogP contribution in [0.4, 0.5) is 0 Å². The number of fused-ring (bicyclic) bond motifs is 1. The first-order chi connectivity index (χ1) is 13.6. The molecule has 1 N–H and O–H groups in total. The zero-order valence-corrected chi connectivity index (χ0v) is 16.2. The van der Waals surface area contributed by atoms with E-state index in [4.69, 9.17) is 4.74 Å². The third-order valence-electron chi connectivity index (χ3n) is 6.40. The molecule has 2 saturated carbocycles. The van der Waals surface area contributed by atoms with Crippen molar-refractivity contribution >= 4 is 11.9 Å². The topological polar surface area (TPSA) is 55.4 Å². The number of carbonyl (C=O) groups excluding carboxylic acids is 2. The third kappa shape index (κ3) is 3.82. The van der Waals surface area contributed by atoms with Gasteiger partial charge in [0.1, 0.15) is 6.10 Å². The second-order valence-corrected chi connectivity index (χ2v) is 8.04. The van der Waals surface area contributed by atoms with Crippen molar-refractivity contribution in [3.05, 3.63) is 71.8 Å². The molecule has 1 amide bonds. The van der Waals surface area contributed by atoms with Crippen LogP contribution in [0.25, 0.3) is 0 Å². The molecule has 4 rings (SSSR count). The largest absolute Gasteiger partial charge is 0.458 e. The van der Waals surface area contributed by atoms with Crippen LogP contribution in [0.5, 0.6) is 0 Å². The number of amides is 1. The fourth-order valence-electron chi connectivity index (χ4n) is 4.94. The number of hydrogen-bond donors (Lipinski definition) is 1. The average Bonchev–Trinajstić information content (AvgIpc) is 3.32. The summed E-state index contributed by atoms with van der Waals surface area (Å²) in [5.41, 5.74) is 1.71. The normalized spacial score (nSPS) is 27.0. The summed E-state index contributed by atoms with van der Waals surface area (Å²) in [4.78, 5) is 25.3. The number of benzene rings is 2. The van der Waals surface area contributed by atoms with Gasteiger partial charge in [-0.25, -0.2) is 4.79 Å². The van der Waals surface area contributed by atoms with E-state index < -0.39 is 0 Å². The number of ether oxygens (including phenoxy) is 1. The van der Waals surface area contributed by atoms with E-state index in [2.05, 4.69) is 5.32 Å². The Morgan fingerprint density at radius 3 is 2.25 bits per heavy atom. The second-order valence-electron chi connectivity index (χ2n) is 8.04. The first-order valence-electron chi connectivity index (χ1n) is 10.2. The summed E-state index contributed by atoms with van der Waals surface area (Å²) < 4.78 is 5.82. The van der Waals surface area contributed by atoms with Crippen molar-refractivity contribution in [3.8, 4) is 0 Å². The van der Waals surface area contributed by atoms with Gasteiger partial charge in [-0.05, 0) is 62.1 Å². The maximum Gasteiger partial charge on any atom is 0.338 e. The molecule has 0 unspecified atom stereocenters. The van der Waals surface area contributed by atoms with Gasteiger partial charge in [0.2, 0.25) is 5.91 Å². The predicted molar refractivity (Wildman–Crippen MR) is 108 cm³/mol. The summed E-state index contributed by atoms with van der Waals surface area (Å²) in [5.74, 6) is 0.527. The van der Waals surface area contributed by atoms with Crippen LogP contribution in [0.15, 0.2) is 60.7 Å². The molecule has 4 nitrogen and oxygen atoms in total. The highest BCUT2D eigenvalue weighted by Crippen LogP contribution is 2.49. The number of carbonyl (C=O) groups is 2. The van der Waals surface area contributed by atoms with Gasteiger partial charge in [-0.3, -0.25) is 4.79 Å². The van der Waals surface area contributed by atoms with Crippen LogP contribution < -0.4 is 5.32 Å². The van der Waals surface area contributed by atoms with E-state index in [1.54, 1.807) is 12.1 Å². The van der Waals surface area contributed by atoms with Gasteiger partial charge in [0.25, 0.3) is 0 Å². The molecular formula is C24H27NO3. The monoisotopic (exact) mass is 377 g/mol. The van der Waals surface area contributed by atoms with Crippen LogP contribution in [0.1, 0.15) is 54.6 Å². The predicted octanol–water partition coefficient (Wildman–Crippen LogP) is 4.53. The lowest BCUT2D eigenvalue weighted by molar-refractivity contribution is -0.126. The number of esters is 1. The van der Waals surface area contributed by atoms with Gasteiger partial charge >= 0.3 is 5.97 Å². The minimum absolute atomic E-state index is 0.000795. The van der Waals surface area contributed by atoms with Crippen LogP contribution in [0.3, 0.4) is 0 Å². The van der Waals surface area contributed by atoms with Gasteiger partial charge in [-0.2, -0.15) is 0 Å². The minimum Gasteiger partial charge on any atom is -0.458 e. The van der Waals surface area contributed by atoms with E-state index in [0.717, 1.165) is 31.2 Å². The molecule has 0 aromatic heterocycles. The van der Waals surface area contributed by atoms with Crippen LogP contribution >= 0.6 is 0 Å². The molecule has 0 heterocycles. The van der Waals surface area contributed by atoms with Gasteiger partial charge in [0.15, 0.2) is 0 Å². The van der Waals surface area contributed by atoms with Crippen molar-refractivity contribution < 1.29 is 14.3 Å². The van der Waals surface area contributed by atoms with Gasteiger partial charge in [0, 0.05) is 5.92 Å². The van der Waals surface area contributed by atoms with Crippen molar-refractivity contribution in [3.63, 3.8) is 0 Å². The van der Waals surface area contributed by atoms with Crippen LogP contribution in [0.2, 0.25) is 0 Å². The Kier molecular flexibility index (Phi) is 5.47. The molecule has 0 radical (unpaired) electrons. The molecule has 2 aromatic rings. The Bertz CT molecular complexity index is 820. The van der Waals surface area contributed by atoms with E-state index in [1.165, 1.54) is 0 Å². The summed E-state index contributed by atoms with van der Waals surface area (Å²) in [7, 11) is 0. The lowest BCUT2D eigenvalue weighted by atomic mass is 9.90. The lowest BCUT2D eigenvalue weighted by Gasteiger charge is -2.22. The summed E-state index contributed by atoms with van der Waals surface area (Å²) in [6, 6.07) is 19.2. The Balaban J connectivity index is 1.36. The molecule has 28 heavy (non-hydrogen) atoms. The SMILES string of the molecule is C[C@@H](NC(=O)[C@H]1CC[C@H]2[C@H]1CC[C@@H]2OC(=O)c1ccccc1)c1ccccc1. The Morgan fingerprint density at radius 2 is 1.54 bits per heavy atom. The van der Waals surface area contributed by atoms with Crippen molar-refractivity contribution in [1.29, 1.82) is 0 Å².